The molecule has 1 atom stereocenters. The molecule has 1 aromatic heterocycles. The first-order valence-corrected chi connectivity index (χ1v) is 11.4. The number of ether oxygens (including phenoxy) is 2. The van der Waals surface area contributed by atoms with Crippen molar-refractivity contribution < 1.29 is 14.6 Å². The lowest BCUT2D eigenvalue weighted by molar-refractivity contribution is 0.0644. The molecule has 2 heterocycles. The zero-order valence-corrected chi connectivity index (χ0v) is 19.0. The molecular weight excluding hydrogens is 390 g/mol. The molecule has 0 bridgehead atoms. The van der Waals surface area contributed by atoms with E-state index >= 15 is 0 Å². The van der Waals surface area contributed by atoms with Crippen molar-refractivity contribution in [2.24, 2.45) is 0 Å². The van der Waals surface area contributed by atoms with Crippen molar-refractivity contribution in [3.8, 4) is 11.5 Å². The monoisotopic (exact) mass is 427 g/mol. The van der Waals surface area contributed by atoms with Crippen LogP contribution in [0.5, 0.6) is 11.5 Å². The molecule has 6 heteroatoms. The second kappa shape index (κ2) is 12.6. The number of methoxy groups -OCH3 is 1. The highest BCUT2D eigenvalue weighted by Crippen LogP contribution is 2.29. The van der Waals surface area contributed by atoms with Gasteiger partial charge >= 0.3 is 0 Å². The number of rotatable bonds is 10. The summed E-state index contributed by atoms with van der Waals surface area (Å²) in [4.78, 5) is 8.79. The molecular formula is C25H37N3O3. The molecule has 0 radical (unpaired) electrons. The minimum absolute atomic E-state index is 0.266. The molecule has 1 fully saturated rings. The number of benzene rings is 1. The van der Waals surface area contributed by atoms with E-state index in [2.05, 4.69) is 34.0 Å². The third-order valence-corrected chi connectivity index (χ3v) is 5.70. The van der Waals surface area contributed by atoms with Gasteiger partial charge in [0.05, 0.1) is 7.11 Å². The Kier molecular flexibility index (Phi) is 9.59. The molecule has 0 aliphatic carbocycles. The van der Waals surface area contributed by atoms with E-state index in [1.807, 2.05) is 24.4 Å². The summed E-state index contributed by atoms with van der Waals surface area (Å²) in [6.45, 7) is 4.67. The van der Waals surface area contributed by atoms with Crippen molar-refractivity contribution in [1.82, 2.24) is 14.8 Å². The first-order chi connectivity index (χ1) is 15.1. The number of hydrogen-bond acceptors (Lipinski definition) is 6. The lowest BCUT2D eigenvalue weighted by Crippen LogP contribution is -2.37. The molecule has 170 valence electrons. The number of pyridine rings is 1. The van der Waals surface area contributed by atoms with Gasteiger partial charge in [-0.25, -0.2) is 0 Å². The number of aliphatic hydroxyl groups excluding tert-OH is 1. The highest BCUT2D eigenvalue weighted by molar-refractivity contribution is 5.43. The van der Waals surface area contributed by atoms with Gasteiger partial charge in [0.2, 0.25) is 0 Å². The Labute approximate surface area is 186 Å². The summed E-state index contributed by atoms with van der Waals surface area (Å²) in [6.07, 6.45) is 9.54. The summed E-state index contributed by atoms with van der Waals surface area (Å²) in [6, 6.07) is 10.1. The van der Waals surface area contributed by atoms with Gasteiger partial charge in [0, 0.05) is 32.0 Å². The van der Waals surface area contributed by atoms with E-state index in [1.165, 1.54) is 37.7 Å². The Hall–Kier alpha value is -2.15. The van der Waals surface area contributed by atoms with Crippen LogP contribution < -0.4 is 9.47 Å². The van der Waals surface area contributed by atoms with E-state index in [0.717, 1.165) is 31.7 Å². The Balaban J connectivity index is 1.53. The van der Waals surface area contributed by atoms with E-state index in [1.54, 1.807) is 13.3 Å². The van der Waals surface area contributed by atoms with Gasteiger partial charge in [-0.1, -0.05) is 31.4 Å². The maximum Gasteiger partial charge on any atom is 0.161 e. The van der Waals surface area contributed by atoms with Crippen molar-refractivity contribution >= 4 is 0 Å². The third-order valence-electron chi connectivity index (χ3n) is 5.70. The molecule has 6 nitrogen and oxygen atoms in total. The van der Waals surface area contributed by atoms with Gasteiger partial charge in [0.25, 0.3) is 0 Å². The molecule has 3 rings (SSSR count). The quantitative estimate of drug-likeness (QED) is 0.624. The molecule has 1 saturated heterocycles. The number of aliphatic hydroxyl groups is 1. The molecule has 0 amide bonds. The van der Waals surface area contributed by atoms with Crippen molar-refractivity contribution in [3.05, 3.63) is 53.9 Å². The lowest BCUT2D eigenvalue weighted by atomic mass is 10.1. The van der Waals surface area contributed by atoms with Crippen LogP contribution in [0.15, 0.2) is 42.7 Å². The first kappa shape index (κ1) is 23.5. The average Bonchev–Trinajstić information content (AvgIpc) is 2.75. The zero-order valence-electron chi connectivity index (χ0n) is 19.0. The Morgan fingerprint density at radius 2 is 1.77 bits per heavy atom. The van der Waals surface area contributed by atoms with Crippen molar-refractivity contribution in [2.45, 2.75) is 51.3 Å². The van der Waals surface area contributed by atoms with E-state index in [4.69, 9.17) is 9.47 Å². The average molecular weight is 428 g/mol. The smallest absolute Gasteiger partial charge is 0.161 e. The normalized spacial score (nSPS) is 16.5. The third kappa shape index (κ3) is 8.13. The van der Waals surface area contributed by atoms with E-state index < -0.39 is 6.10 Å². The zero-order chi connectivity index (χ0) is 21.9. The predicted molar refractivity (Wildman–Crippen MR) is 123 cm³/mol. The van der Waals surface area contributed by atoms with E-state index in [9.17, 15) is 5.11 Å². The largest absolute Gasteiger partial charge is 0.493 e. The van der Waals surface area contributed by atoms with E-state index in [-0.39, 0.29) is 6.61 Å². The molecule has 0 saturated carbocycles. The molecule has 1 N–H and O–H groups in total. The topological polar surface area (TPSA) is 58.1 Å². The van der Waals surface area contributed by atoms with Gasteiger partial charge in [-0.15, -0.1) is 0 Å². The molecule has 0 spiro atoms. The lowest BCUT2D eigenvalue weighted by Gasteiger charge is -2.27. The molecule has 2 aromatic rings. The summed E-state index contributed by atoms with van der Waals surface area (Å²) < 4.78 is 11.5. The number of β-amino-alcohol motifs (C(OH)–C–C–N with tert-alkyl or cyclic N) is 1. The van der Waals surface area contributed by atoms with Gasteiger partial charge in [-0.2, -0.15) is 0 Å². The van der Waals surface area contributed by atoms with Gasteiger partial charge in [-0.05, 0) is 62.3 Å². The Bertz CT molecular complexity index is 764. The summed E-state index contributed by atoms with van der Waals surface area (Å²) in [5, 5.41) is 10.5. The van der Waals surface area contributed by atoms with Crippen LogP contribution in [0.1, 0.15) is 43.2 Å². The summed E-state index contributed by atoms with van der Waals surface area (Å²) in [5.74, 6) is 1.37. The minimum atomic E-state index is -0.513. The molecule has 1 aromatic carbocycles. The van der Waals surface area contributed by atoms with Crippen LogP contribution in [-0.4, -0.2) is 66.4 Å². The second-order valence-electron chi connectivity index (χ2n) is 8.55. The van der Waals surface area contributed by atoms with Gasteiger partial charge in [0.1, 0.15) is 12.7 Å². The Morgan fingerprint density at radius 3 is 2.48 bits per heavy atom. The maximum atomic E-state index is 10.5. The fourth-order valence-electron chi connectivity index (χ4n) is 4.14. The fraction of sp³-hybridized carbons (Fsp3) is 0.560. The van der Waals surface area contributed by atoms with Gasteiger partial charge in [-0.3, -0.25) is 9.88 Å². The second-order valence-corrected chi connectivity index (χ2v) is 8.55. The van der Waals surface area contributed by atoms with Crippen molar-refractivity contribution in [3.63, 3.8) is 0 Å². The number of likely N-dealkylation sites (tertiary alicyclic amines) is 1. The molecule has 1 aliphatic rings. The highest BCUT2D eigenvalue weighted by atomic mass is 16.5. The van der Waals surface area contributed by atoms with Crippen LogP contribution in [0, 0.1) is 0 Å². The standard InChI is InChI=1S/C25H37N3O3/c1-27(18-22-9-8-12-26-16-22)17-21-10-11-24(30-2)25(15-21)31-20-23(29)19-28-13-6-4-3-5-7-14-28/h8-12,15-16,23,29H,3-7,13-14,17-20H2,1-2H3/t23-/m0/s1. The number of hydrogen-bond donors (Lipinski definition) is 1. The number of aromatic nitrogens is 1. The van der Waals surface area contributed by atoms with Crippen LogP contribution in [0.4, 0.5) is 0 Å². The first-order valence-electron chi connectivity index (χ1n) is 11.4. The van der Waals surface area contributed by atoms with Crippen LogP contribution in [0.2, 0.25) is 0 Å². The SMILES string of the molecule is COc1ccc(CN(C)Cc2cccnc2)cc1OC[C@@H](O)CN1CCCCCCC1. The number of nitrogens with zero attached hydrogens (tertiary/aromatic N) is 3. The van der Waals surface area contributed by atoms with Gasteiger partial charge in [0.15, 0.2) is 11.5 Å². The predicted octanol–water partition coefficient (Wildman–Crippen LogP) is 3.73. The summed E-state index contributed by atoms with van der Waals surface area (Å²) >= 11 is 0. The summed E-state index contributed by atoms with van der Waals surface area (Å²) in [5.41, 5.74) is 2.32. The van der Waals surface area contributed by atoms with Crippen LogP contribution in [0.3, 0.4) is 0 Å². The van der Waals surface area contributed by atoms with Crippen LogP contribution in [0.25, 0.3) is 0 Å². The van der Waals surface area contributed by atoms with Crippen LogP contribution in [-0.2, 0) is 13.1 Å². The maximum absolute atomic E-state index is 10.5. The molecule has 1 aliphatic heterocycles. The Morgan fingerprint density at radius 1 is 1.03 bits per heavy atom. The van der Waals surface area contributed by atoms with Crippen LogP contribution >= 0.6 is 0 Å². The molecule has 0 unspecified atom stereocenters. The van der Waals surface area contributed by atoms with Crippen molar-refractivity contribution in [2.75, 3.05) is 40.4 Å². The summed E-state index contributed by atoms with van der Waals surface area (Å²) in [7, 11) is 3.73. The van der Waals surface area contributed by atoms with E-state index in [0.29, 0.717) is 18.0 Å². The highest BCUT2D eigenvalue weighted by Gasteiger charge is 2.15. The fourth-order valence-corrected chi connectivity index (χ4v) is 4.14. The minimum Gasteiger partial charge on any atom is -0.493 e. The van der Waals surface area contributed by atoms with Crippen molar-refractivity contribution in [1.29, 1.82) is 0 Å². The van der Waals surface area contributed by atoms with Gasteiger partial charge < -0.3 is 19.5 Å². The molecule has 31 heavy (non-hydrogen) atoms.